The van der Waals surface area contributed by atoms with E-state index in [0.717, 1.165) is 15.6 Å². The molecule has 0 spiro atoms. The van der Waals surface area contributed by atoms with Gasteiger partial charge in [0, 0.05) is 17.0 Å². The maximum atomic E-state index is 13.4. The van der Waals surface area contributed by atoms with E-state index in [1.807, 2.05) is 30.3 Å². The van der Waals surface area contributed by atoms with Crippen LogP contribution in [0.2, 0.25) is 0 Å². The van der Waals surface area contributed by atoms with Crippen LogP contribution in [-0.2, 0) is 13.0 Å². The molecule has 1 aliphatic heterocycles. The van der Waals surface area contributed by atoms with Gasteiger partial charge in [-0.3, -0.25) is 9.59 Å². The van der Waals surface area contributed by atoms with Crippen LogP contribution >= 0.6 is 11.3 Å². The summed E-state index contributed by atoms with van der Waals surface area (Å²) < 4.78 is 10.6. The molecular formula is C28H24N2O6S. The first-order valence-corrected chi connectivity index (χ1v) is 12.4. The molecule has 1 aliphatic rings. The van der Waals surface area contributed by atoms with E-state index in [1.165, 1.54) is 25.6 Å². The minimum absolute atomic E-state index is 0.0835. The van der Waals surface area contributed by atoms with Crippen LogP contribution in [0, 0.1) is 0 Å². The predicted molar refractivity (Wildman–Crippen MR) is 141 cm³/mol. The van der Waals surface area contributed by atoms with Gasteiger partial charge in [-0.15, -0.1) is 11.3 Å². The Labute approximate surface area is 217 Å². The Hall–Kier alpha value is -4.37. The maximum Gasteiger partial charge on any atom is 0.339 e. The number of benzene rings is 3. The number of carbonyl (C=O) groups is 3. The Kier molecular flexibility index (Phi) is 6.54. The number of aromatic carboxylic acids is 1. The highest BCUT2D eigenvalue weighted by Crippen LogP contribution is 2.38. The van der Waals surface area contributed by atoms with Gasteiger partial charge in [0.2, 0.25) is 0 Å². The number of carbonyl (C=O) groups excluding carboxylic acids is 2. The fraction of sp³-hybridized carbons (Fsp3) is 0.179. The molecular weight excluding hydrogens is 492 g/mol. The molecule has 0 saturated carbocycles. The fourth-order valence-electron chi connectivity index (χ4n) is 4.55. The Morgan fingerprint density at radius 3 is 2.49 bits per heavy atom. The van der Waals surface area contributed by atoms with Gasteiger partial charge in [-0.25, -0.2) is 4.79 Å². The maximum absolute atomic E-state index is 13.4. The van der Waals surface area contributed by atoms with Crippen molar-refractivity contribution < 1.29 is 29.0 Å². The minimum atomic E-state index is -1.11. The third-order valence-electron chi connectivity index (χ3n) is 6.43. The largest absolute Gasteiger partial charge is 0.497 e. The van der Waals surface area contributed by atoms with Crippen LogP contribution in [0.5, 0.6) is 11.5 Å². The van der Waals surface area contributed by atoms with E-state index < -0.39 is 5.97 Å². The summed E-state index contributed by atoms with van der Waals surface area (Å²) in [5.41, 5.74) is 1.53. The van der Waals surface area contributed by atoms with Crippen molar-refractivity contribution in [3.8, 4) is 11.5 Å². The molecule has 0 bridgehead atoms. The van der Waals surface area contributed by atoms with Crippen LogP contribution < -0.4 is 14.8 Å². The van der Waals surface area contributed by atoms with E-state index in [2.05, 4.69) is 5.32 Å². The van der Waals surface area contributed by atoms with Crippen molar-refractivity contribution in [2.45, 2.75) is 13.0 Å². The molecule has 0 aliphatic carbocycles. The van der Waals surface area contributed by atoms with Crippen LogP contribution in [0.1, 0.15) is 41.5 Å². The van der Waals surface area contributed by atoms with E-state index >= 15 is 0 Å². The monoisotopic (exact) mass is 516 g/mol. The van der Waals surface area contributed by atoms with Gasteiger partial charge in [0.15, 0.2) is 0 Å². The SMILES string of the molecule is COc1ccc(OC)c(C(=O)N2CCc3c(sc(NC(=O)c4ccc5ccccc5c4)c3C(=O)O)C2)c1. The summed E-state index contributed by atoms with van der Waals surface area (Å²) in [5.74, 6) is -0.781. The molecule has 3 aromatic carbocycles. The summed E-state index contributed by atoms with van der Waals surface area (Å²) in [6.45, 7) is 0.562. The first-order chi connectivity index (χ1) is 17.9. The van der Waals surface area contributed by atoms with Crippen molar-refractivity contribution in [1.82, 2.24) is 4.90 Å². The zero-order valence-electron chi connectivity index (χ0n) is 20.2. The van der Waals surface area contributed by atoms with Gasteiger partial charge in [-0.05, 0) is 53.1 Å². The molecule has 9 heteroatoms. The molecule has 0 saturated heterocycles. The highest BCUT2D eigenvalue weighted by Gasteiger charge is 2.31. The van der Waals surface area contributed by atoms with Crippen molar-refractivity contribution in [2.75, 3.05) is 26.1 Å². The van der Waals surface area contributed by atoms with Gasteiger partial charge in [0.1, 0.15) is 16.5 Å². The summed E-state index contributed by atoms with van der Waals surface area (Å²) >= 11 is 1.19. The topological polar surface area (TPSA) is 105 Å². The lowest BCUT2D eigenvalue weighted by Crippen LogP contribution is -2.36. The highest BCUT2D eigenvalue weighted by molar-refractivity contribution is 7.17. The first-order valence-electron chi connectivity index (χ1n) is 11.6. The minimum Gasteiger partial charge on any atom is -0.497 e. The molecule has 2 N–H and O–H groups in total. The second kappa shape index (κ2) is 9.94. The molecule has 0 radical (unpaired) electrons. The van der Waals surface area contributed by atoms with Crippen molar-refractivity contribution in [1.29, 1.82) is 0 Å². The first kappa shape index (κ1) is 24.3. The normalized spacial score (nSPS) is 12.6. The fourth-order valence-corrected chi connectivity index (χ4v) is 5.80. The Bertz CT molecular complexity index is 1540. The second-order valence-electron chi connectivity index (χ2n) is 8.57. The number of fused-ring (bicyclic) bond motifs is 2. The molecule has 0 unspecified atom stereocenters. The average molecular weight is 517 g/mol. The number of ether oxygens (including phenoxy) is 2. The molecule has 37 heavy (non-hydrogen) atoms. The zero-order valence-corrected chi connectivity index (χ0v) is 21.1. The molecule has 0 atom stereocenters. The van der Waals surface area contributed by atoms with Gasteiger partial charge in [0.25, 0.3) is 11.8 Å². The molecule has 2 amide bonds. The summed E-state index contributed by atoms with van der Waals surface area (Å²) in [6, 6.07) is 18.1. The zero-order chi connectivity index (χ0) is 26.1. The van der Waals surface area contributed by atoms with Crippen LogP contribution in [0.4, 0.5) is 5.00 Å². The lowest BCUT2D eigenvalue weighted by Gasteiger charge is -2.27. The molecule has 1 aromatic heterocycles. The van der Waals surface area contributed by atoms with Crippen molar-refractivity contribution in [3.05, 3.63) is 87.8 Å². The second-order valence-corrected chi connectivity index (χ2v) is 9.68. The number of anilines is 1. The predicted octanol–water partition coefficient (Wildman–Crippen LogP) is 5.07. The van der Waals surface area contributed by atoms with Crippen molar-refractivity contribution in [2.24, 2.45) is 0 Å². The lowest BCUT2D eigenvalue weighted by atomic mass is 10.0. The summed E-state index contributed by atoms with van der Waals surface area (Å²) in [7, 11) is 3.02. The number of amides is 2. The quantitative estimate of drug-likeness (QED) is 0.371. The number of nitrogens with zero attached hydrogens (tertiary/aromatic N) is 1. The van der Waals surface area contributed by atoms with Gasteiger partial charge in [-0.2, -0.15) is 0 Å². The molecule has 5 rings (SSSR count). The number of nitrogens with one attached hydrogen (secondary N) is 1. The Balaban J connectivity index is 1.42. The Morgan fingerprint density at radius 1 is 0.973 bits per heavy atom. The lowest BCUT2D eigenvalue weighted by molar-refractivity contribution is 0.0696. The molecule has 188 valence electrons. The highest BCUT2D eigenvalue weighted by atomic mass is 32.1. The molecule has 2 heterocycles. The third-order valence-corrected chi connectivity index (χ3v) is 7.57. The third kappa shape index (κ3) is 4.61. The van der Waals surface area contributed by atoms with E-state index in [-0.39, 0.29) is 28.9 Å². The number of carboxylic acid groups (broad SMARTS) is 1. The number of methoxy groups -OCH3 is 2. The summed E-state index contributed by atoms with van der Waals surface area (Å²) in [6.07, 6.45) is 0.358. The van der Waals surface area contributed by atoms with Gasteiger partial charge in [0.05, 0.1) is 31.9 Å². The van der Waals surface area contributed by atoms with E-state index in [9.17, 15) is 19.5 Å². The Morgan fingerprint density at radius 2 is 1.76 bits per heavy atom. The van der Waals surface area contributed by atoms with E-state index in [0.29, 0.717) is 41.2 Å². The number of thiophene rings is 1. The number of hydrogen-bond acceptors (Lipinski definition) is 6. The van der Waals surface area contributed by atoms with Crippen molar-refractivity contribution in [3.63, 3.8) is 0 Å². The van der Waals surface area contributed by atoms with Gasteiger partial charge >= 0.3 is 5.97 Å². The summed E-state index contributed by atoms with van der Waals surface area (Å²) in [4.78, 5) is 41.0. The van der Waals surface area contributed by atoms with E-state index in [1.54, 1.807) is 35.2 Å². The average Bonchev–Trinajstić information content (AvgIpc) is 3.29. The van der Waals surface area contributed by atoms with E-state index in [4.69, 9.17) is 9.47 Å². The summed E-state index contributed by atoms with van der Waals surface area (Å²) in [5, 5.41) is 15.0. The number of rotatable bonds is 6. The van der Waals surface area contributed by atoms with Crippen LogP contribution in [-0.4, -0.2) is 48.6 Å². The van der Waals surface area contributed by atoms with Gasteiger partial charge in [-0.1, -0.05) is 30.3 Å². The molecule has 0 fully saturated rings. The number of carboxylic acids is 1. The standard InChI is InChI=1S/C28H24N2O6S/c1-35-19-9-10-22(36-2)21(14-19)27(32)30-12-11-20-23(15-30)37-26(24(20)28(33)34)29-25(31)18-8-7-16-5-3-4-6-17(16)13-18/h3-10,13-14H,11-12,15H2,1-2H3,(H,29,31)(H,33,34). The van der Waals surface area contributed by atoms with Crippen LogP contribution in [0.3, 0.4) is 0 Å². The smallest absolute Gasteiger partial charge is 0.339 e. The molecule has 8 nitrogen and oxygen atoms in total. The molecule has 4 aromatic rings. The van der Waals surface area contributed by atoms with Crippen LogP contribution in [0.25, 0.3) is 10.8 Å². The van der Waals surface area contributed by atoms with Gasteiger partial charge < -0.3 is 24.8 Å². The van der Waals surface area contributed by atoms with Crippen molar-refractivity contribution >= 4 is 44.9 Å². The number of hydrogen-bond donors (Lipinski definition) is 2. The van der Waals surface area contributed by atoms with Crippen LogP contribution in [0.15, 0.2) is 60.7 Å².